The Morgan fingerprint density at radius 2 is 1.92 bits per heavy atom. The van der Waals surface area contributed by atoms with Gasteiger partial charge in [0.05, 0.1) is 11.4 Å². The zero-order chi connectivity index (χ0) is 19.9. The predicted octanol–water partition coefficient (Wildman–Crippen LogP) is 4.21. The van der Waals surface area contributed by atoms with E-state index >= 15 is 0 Å². The molecule has 0 radical (unpaired) electrons. The average molecular weight is 380 g/mol. The second kappa shape index (κ2) is 6.96. The lowest BCUT2D eigenvalue weighted by Crippen LogP contribution is -2.41. The number of phenolic OH excluding ortho intramolecular Hbond substituents is 2. The Bertz CT molecular complexity index is 749. The molecule has 144 valence electrons. The van der Waals surface area contributed by atoms with Crippen molar-refractivity contribution < 1.29 is 24.2 Å². The molecule has 0 saturated heterocycles. The number of rotatable bonds is 4. The van der Waals surface area contributed by atoms with Crippen LogP contribution in [0.25, 0.3) is 0 Å². The van der Waals surface area contributed by atoms with Gasteiger partial charge in [-0.05, 0) is 24.2 Å². The van der Waals surface area contributed by atoms with Crippen LogP contribution in [0.15, 0.2) is 17.9 Å². The molecule has 1 aliphatic carbocycles. The summed E-state index contributed by atoms with van der Waals surface area (Å²) in [6, 6.07) is 1.36. The van der Waals surface area contributed by atoms with Crippen LogP contribution in [0.3, 0.4) is 0 Å². The first-order valence-electron chi connectivity index (χ1n) is 8.65. The quantitative estimate of drug-likeness (QED) is 0.414. The summed E-state index contributed by atoms with van der Waals surface area (Å²) in [6.45, 7) is 12.1. The molecular weight excluding hydrogens is 350 g/mol. The van der Waals surface area contributed by atoms with Crippen LogP contribution in [-0.4, -0.2) is 31.5 Å². The van der Waals surface area contributed by atoms with Gasteiger partial charge in [-0.1, -0.05) is 20.8 Å². The number of benzene rings is 1. The molecular formula is C19H29NO5Si. The summed E-state index contributed by atoms with van der Waals surface area (Å²) in [5, 5.41) is 23.6. The Kier molecular flexibility index (Phi) is 5.44. The first kappa shape index (κ1) is 20.3. The summed E-state index contributed by atoms with van der Waals surface area (Å²) in [5.74, 6) is 0.301. The van der Waals surface area contributed by atoms with Gasteiger partial charge in [0.25, 0.3) is 0 Å². The maximum absolute atomic E-state index is 11.3. The first-order chi connectivity index (χ1) is 11.9. The topological polar surface area (TPSA) is 88.0 Å². The third kappa shape index (κ3) is 3.88. The van der Waals surface area contributed by atoms with Gasteiger partial charge in [0.2, 0.25) is 14.2 Å². The van der Waals surface area contributed by atoms with E-state index in [9.17, 15) is 15.0 Å². The number of fused-ring (bicyclic) bond motifs is 1. The highest BCUT2D eigenvalue weighted by molar-refractivity contribution is 6.74. The van der Waals surface area contributed by atoms with E-state index < -0.39 is 14.4 Å². The van der Waals surface area contributed by atoms with Crippen molar-refractivity contribution in [1.82, 2.24) is 0 Å². The number of hydrogen-bond acceptors (Lipinski definition) is 5. The standard InChI is InChI=1S/C19H29NO5Si/c1-11(21)20-14-10-15(22)13-8-12(25-26(6,7)19(2,3)4)9-16(24-5)17(13)18(14)23/h9-10,16,22-23H,8H2,1-7H3,(H,20,21). The molecule has 0 spiro atoms. The number of carbonyl (C=O) groups excluding carboxylic acids is 1. The summed E-state index contributed by atoms with van der Waals surface area (Å²) in [7, 11) is -0.515. The number of carbonyl (C=O) groups is 1. The minimum atomic E-state index is -2.04. The molecule has 0 bridgehead atoms. The predicted molar refractivity (Wildman–Crippen MR) is 104 cm³/mol. The van der Waals surface area contributed by atoms with Gasteiger partial charge in [-0.25, -0.2) is 0 Å². The van der Waals surface area contributed by atoms with Gasteiger partial charge in [0.15, 0.2) is 0 Å². The number of anilines is 1. The molecule has 0 fully saturated rings. The molecule has 1 unspecified atom stereocenters. The minimum absolute atomic E-state index is 0.00645. The van der Waals surface area contributed by atoms with Crippen LogP contribution < -0.4 is 5.32 Å². The van der Waals surface area contributed by atoms with E-state index in [0.29, 0.717) is 17.5 Å². The molecule has 0 aromatic heterocycles. The first-order valence-corrected chi connectivity index (χ1v) is 11.6. The fourth-order valence-corrected chi connectivity index (χ4v) is 3.82. The van der Waals surface area contributed by atoms with Crippen molar-refractivity contribution in [3.8, 4) is 11.5 Å². The fraction of sp³-hybridized carbons (Fsp3) is 0.526. The summed E-state index contributed by atoms with van der Waals surface area (Å²) in [6.07, 6.45) is 1.62. The lowest BCUT2D eigenvalue weighted by Gasteiger charge is -2.39. The Hall–Kier alpha value is -1.99. The molecule has 0 saturated carbocycles. The SMILES string of the molecule is COC1C=C(O[Si](C)(C)C(C)(C)C)Cc2c(O)cc(NC(C)=O)c(O)c21. The highest BCUT2D eigenvalue weighted by atomic mass is 28.4. The lowest BCUT2D eigenvalue weighted by molar-refractivity contribution is -0.114. The van der Waals surface area contributed by atoms with Crippen molar-refractivity contribution >= 4 is 19.9 Å². The van der Waals surface area contributed by atoms with Crippen LogP contribution in [0.1, 0.15) is 44.9 Å². The molecule has 3 N–H and O–H groups in total. The zero-order valence-electron chi connectivity index (χ0n) is 16.6. The number of methoxy groups -OCH3 is 1. The van der Waals surface area contributed by atoms with Gasteiger partial charge in [-0.2, -0.15) is 0 Å². The molecule has 7 heteroatoms. The Labute approximate surface area is 156 Å². The van der Waals surface area contributed by atoms with E-state index in [0.717, 1.165) is 5.76 Å². The summed E-state index contributed by atoms with van der Waals surface area (Å²) < 4.78 is 11.9. The van der Waals surface area contributed by atoms with Gasteiger partial charge in [0, 0.05) is 37.6 Å². The second-order valence-electron chi connectivity index (χ2n) is 8.19. The number of phenols is 2. The minimum Gasteiger partial charge on any atom is -0.546 e. The molecule has 1 aromatic rings. The smallest absolute Gasteiger partial charge is 0.250 e. The van der Waals surface area contributed by atoms with Crippen LogP contribution >= 0.6 is 0 Å². The van der Waals surface area contributed by atoms with Crippen molar-refractivity contribution in [3.63, 3.8) is 0 Å². The van der Waals surface area contributed by atoms with Crippen LogP contribution in [0.4, 0.5) is 5.69 Å². The molecule has 1 aliphatic rings. The van der Waals surface area contributed by atoms with E-state index in [1.54, 1.807) is 0 Å². The highest BCUT2D eigenvalue weighted by Gasteiger charge is 2.40. The lowest BCUT2D eigenvalue weighted by atomic mass is 9.91. The molecule has 2 rings (SSSR count). The summed E-state index contributed by atoms with van der Waals surface area (Å²) in [4.78, 5) is 11.3. The van der Waals surface area contributed by atoms with Crippen molar-refractivity contribution in [2.24, 2.45) is 0 Å². The Morgan fingerprint density at radius 3 is 2.42 bits per heavy atom. The van der Waals surface area contributed by atoms with Crippen LogP contribution in [0, 0.1) is 0 Å². The van der Waals surface area contributed by atoms with Gasteiger partial charge in [-0.3, -0.25) is 4.79 Å². The number of amides is 1. The van der Waals surface area contributed by atoms with Crippen LogP contribution in [0.5, 0.6) is 11.5 Å². The molecule has 6 nitrogen and oxygen atoms in total. The molecule has 26 heavy (non-hydrogen) atoms. The monoisotopic (exact) mass is 379 g/mol. The molecule has 1 amide bonds. The average Bonchev–Trinajstić information content (AvgIpc) is 2.49. The number of nitrogens with one attached hydrogen (secondary N) is 1. The maximum Gasteiger partial charge on any atom is 0.250 e. The van der Waals surface area contributed by atoms with E-state index in [1.807, 2.05) is 6.08 Å². The van der Waals surface area contributed by atoms with E-state index in [-0.39, 0.29) is 28.1 Å². The molecule has 1 atom stereocenters. The van der Waals surface area contributed by atoms with E-state index in [2.05, 4.69) is 39.2 Å². The van der Waals surface area contributed by atoms with Gasteiger partial charge in [-0.15, -0.1) is 0 Å². The number of hydrogen-bond donors (Lipinski definition) is 3. The van der Waals surface area contributed by atoms with Gasteiger partial charge >= 0.3 is 0 Å². The molecule has 0 heterocycles. The van der Waals surface area contributed by atoms with Crippen LogP contribution in [0.2, 0.25) is 18.1 Å². The van der Waals surface area contributed by atoms with Crippen molar-refractivity contribution in [3.05, 3.63) is 29.0 Å². The largest absolute Gasteiger partial charge is 0.546 e. The number of allylic oxidation sites excluding steroid dienone is 1. The molecule has 0 aliphatic heterocycles. The maximum atomic E-state index is 11.3. The zero-order valence-corrected chi connectivity index (χ0v) is 17.6. The van der Waals surface area contributed by atoms with Gasteiger partial charge < -0.3 is 24.7 Å². The normalized spacial score (nSPS) is 17.3. The van der Waals surface area contributed by atoms with E-state index in [4.69, 9.17) is 9.16 Å². The van der Waals surface area contributed by atoms with Crippen molar-refractivity contribution in [2.45, 2.75) is 58.4 Å². The van der Waals surface area contributed by atoms with Gasteiger partial charge in [0.1, 0.15) is 17.6 Å². The number of aromatic hydroxyl groups is 2. The number of ether oxygens (including phenoxy) is 1. The third-order valence-corrected chi connectivity index (χ3v) is 9.54. The fourth-order valence-electron chi connectivity index (χ4n) is 2.72. The summed E-state index contributed by atoms with van der Waals surface area (Å²) in [5.41, 5.74) is 1.18. The second-order valence-corrected chi connectivity index (χ2v) is 12.9. The van der Waals surface area contributed by atoms with Crippen molar-refractivity contribution in [2.75, 3.05) is 12.4 Å². The van der Waals surface area contributed by atoms with E-state index in [1.165, 1.54) is 20.1 Å². The third-order valence-electron chi connectivity index (χ3n) is 5.16. The van der Waals surface area contributed by atoms with Crippen LogP contribution in [-0.2, 0) is 20.4 Å². The summed E-state index contributed by atoms with van der Waals surface area (Å²) >= 11 is 0. The molecule has 1 aromatic carbocycles. The van der Waals surface area contributed by atoms with Crippen molar-refractivity contribution in [1.29, 1.82) is 0 Å². The highest BCUT2D eigenvalue weighted by Crippen LogP contribution is 2.47. The Morgan fingerprint density at radius 1 is 1.31 bits per heavy atom. The Balaban J connectivity index is 2.46.